The topological polar surface area (TPSA) is 88.7 Å². The summed E-state index contributed by atoms with van der Waals surface area (Å²) in [6.07, 6.45) is 1.84. The number of nitrogens with one attached hydrogen (secondary N) is 2. The third-order valence-electron chi connectivity index (χ3n) is 4.76. The molecule has 0 fully saturated rings. The molecule has 0 bridgehead atoms. The molecule has 0 saturated carbocycles. The molecule has 1 aliphatic rings. The fourth-order valence-electron chi connectivity index (χ4n) is 3.42. The fraction of sp³-hybridized carbons (Fsp3) is 0.364. The van der Waals surface area contributed by atoms with E-state index in [1.165, 1.54) is 0 Å². The first kappa shape index (κ1) is 20.0. The summed E-state index contributed by atoms with van der Waals surface area (Å²) in [5.41, 5.74) is 4.23. The molecule has 0 atom stereocenters. The highest BCUT2D eigenvalue weighted by Gasteiger charge is 2.26. The standard InChI is InChI=1S/C22H26N4O4/c1-22(2,3)29-21(27)30-26-10-9-19-18(13-26)17-11-15(12-23-20(17)25-19)24-14-5-7-16(28-4)8-6-14/h5-8,11-12,24H,9-10,13H2,1-4H3,(H,23,25). The molecule has 8 nitrogen and oxygen atoms in total. The summed E-state index contributed by atoms with van der Waals surface area (Å²) in [6.45, 7) is 6.50. The van der Waals surface area contributed by atoms with Crippen molar-refractivity contribution in [1.82, 2.24) is 15.0 Å². The van der Waals surface area contributed by atoms with Gasteiger partial charge in [0.2, 0.25) is 0 Å². The molecule has 4 rings (SSSR count). The van der Waals surface area contributed by atoms with E-state index >= 15 is 0 Å². The Kier molecular flexibility index (Phi) is 5.26. The van der Waals surface area contributed by atoms with Crippen molar-refractivity contribution in [3.63, 3.8) is 0 Å². The van der Waals surface area contributed by atoms with Gasteiger partial charge in [-0.15, -0.1) is 5.06 Å². The Morgan fingerprint density at radius 3 is 2.67 bits per heavy atom. The molecular formula is C22H26N4O4. The van der Waals surface area contributed by atoms with Crippen LogP contribution in [0.4, 0.5) is 16.2 Å². The molecule has 0 aliphatic carbocycles. The number of rotatable bonds is 4. The van der Waals surface area contributed by atoms with Gasteiger partial charge in [-0.25, -0.2) is 9.78 Å². The lowest BCUT2D eigenvalue weighted by molar-refractivity contribution is -0.151. The highest BCUT2D eigenvalue weighted by molar-refractivity contribution is 5.85. The molecule has 30 heavy (non-hydrogen) atoms. The zero-order valence-electron chi connectivity index (χ0n) is 17.6. The number of hydroxylamine groups is 2. The third-order valence-corrected chi connectivity index (χ3v) is 4.76. The Bertz CT molecular complexity index is 1050. The van der Waals surface area contributed by atoms with E-state index in [0.717, 1.165) is 45.8 Å². The van der Waals surface area contributed by atoms with Crippen molar-refractivity contribution in [2.24, 2.45) is 0 Å². The Morgan fingerprint density at radius 1 is 1.20 bits per heavy atom. The van der Waals surface area contributed by atoms with Gasteiger partial charge in [-0.05, 0) is 56.7 Å². The molecule has 3 heterocycles. The monoisotopic (exact) mass is 410 g/mol. The third kappa shape index (κ3) is 4.49. The van der Waals surface area contributed by atoms with Crippen molar-refractivity contribution in [3.8, 4) is 5.75 Å². The van der Waals surface area contributed by atoms with Crippen LogP contribution >= 0.6 is 0 Å². The smallest absolute Gasteiger partial charge is 0.497 e. The number of aromatic nitrogens is 2. The van der Waals surface area contributed by atoms with E-state index < -0.39 is 11.8 Å². The summed E-state index contributed by atoms with van der Waals surface area (Å²) in [5.74, 6) is 0.805. The number of hydrogen-bond donors (Lipinski definition) is 2. The SMILES string of the molecule is COc1ccc(Nc2cnc3[nH]c4c(c3c2)CN(OC(=O)OC(C)(C)C)CC4)cc1. The molecule has 0 saturated heterocycles. The van der Waals surface area contributed by atoms with Crippen LogP contribution in [0.5, 0.6) is 5.75 Å². The van der Waals surface area contributed by atoms with Gasteiger partial charge < -0.3 is 24.6 Å². The predicted molar refractivity (Wildman–Crippen MR) is 114 cm³/mol. The second-order valence-corrected chi connectivity index (χ2v) is 8.23. The molecule has 0 spiro atoms. The van der Waals surface area contributed by atoms with Crippen LogP contribution in [-0.2, 0) is 22.5 Å². The van der Waals surface area contributed by atoms with E-state index in [0.29, 0.717) is 13.1 Å². The highest BCUT2D eigenvalue weighted by atomic mass is 16.8. The maximum absolute atomic E-state index is 12.0. The van der Waals surface area contributed by atoms with E-state index in [4.69, 9.17) is 14.3 Å². The van der Waals surface area contributed by atoms with Crippen LogP contribution in [0.25, 0.3) is 11.0 Å². The number of carbonyl (C=O) groups excluding carboxylic acids is 1. The molecule has 1 aromatic carbocycles. The summed E-state index contributed by atoms with van der Waals surface area (Å²) in [6, 6.07) is 9.76. The lowest BCUT2D eigenvalue weighted by atomic mass is 10.1. The van der Waals surface area contributed by atoms with E-state index in [1.54, 1.807) is 18.4 Å². The minimum absolute atomic E-state index is 0.474. The number of benzene rings is 1. The van der Waals surface area contributed by atoms with Crippen molar-refractivity contribution in [2.75, 3.05) is 19.0 Å². The van der Waals surface area contributed by atoms with Crippen molar-refractivity contribution in [3.05, 3.63) is 47.8 Å². The van der Waals surface area contributed by atoms with Crippen LogP contribution < -0.4 is 10.1 Å². The van der Waals surface area contributed by atoms with E-state index in [-0.39, 0.29) is 0 Å². The Hall–Kier alpha value is -3.26. The van der Waals surface area contributed by atoms with Crippen LogP contribution in [0.3, 0.4) is 0 Å². The largest absolute Gasteiger partial charge is 0.528 e. The second kappa shape index (κ2) is 7.87. The average molecular weight is 410 g/mol. The first-order valence-corrected chi connectivity index (χ1v) is 9.87. The maximum Gasteiger partial charge on any atom is 0.528 e. The van der Waals surface area contributed by atoms with Gasteiger partial charge in [0.25, 0.3) is 0 Å². The van der Waals surface area contributed by atoms with Crippen LogP contribution in [0.2, 0.25) is 0 Å². The lowest BCUT2D eigenvalue weighted by Gasteiger charge is -2.27. The van der Waals surface area contributed by atoms with Gasteiger partial charge in [-0.2, -0.15) is 0 Å². The lowest BCUT2D eigenvalue weighted by Crippen LogP contribution is -2.35. The number of pyridine rings is 1. The quantitative estimate of drug-likeness (QED) is 0.611. The molecule has 2 aromatic heterocycles. The number of carbonyl (C=O) groups is 1. The summed E-state index contributed by atoms with van der Waals surface area (Å²) >= 11 is 0. The van der Waals surface area contributed by atoms with Gasteiger partial charge in [0, 0.05) is 29.7 Å². The fourth-order valence-corrected chi connectivity index (χ4v) is 3.42. The number of nitrogens with zero attached hydrogens (tertiary/aromatic N) is 2. The molecule has 158 valence electrons. The summed E-state index contributed by atoms with van der Waals surface area (Å²) in [5, 5.41) is 6.00. The molecule has 0 unspecified atom stereocenters. The van der Waals surface area contributed by atoms with Gasteiger partial charge in [0.15, 0.2) is 0 Å². The summed E-state index contributed by atoms with van der Waals surface area (Å²) < 4.78 is 10.5. The molecule has 3 aromatic rings. The highest BCUT2D eigenvalue weighted by Crippen LogP contribution is 2.30. The minimum Gasteiger partial charge on any atom is -0.497 e. The number of ether oxygens (including phenoxy) is 2. The van der Waals surface area contributed by atoms with Crippen molar-refractivity contribution >= 4 is 28.6 Å². The van der Waals surface area contributed by atoms with E-state index in [1.807, 2.05) is 45.0 Å². The number of aromatic amines is 1. The minimum atomic E-state index is -0.689. The molecule has 0 amide bonds. The number of fused-ring (bicyclic) bond motifs is 3. The van der Waals surface area contributed by atoms with Gasteiger partial charge in [0.05, 0.1) is 25.5 Å². The Morgan fingerprint density at radius 2 is 1.97 bits per heavy atom. The number of hydrogen-bond acceptors (Lipinski definition) is 7. The second-order valence-electron chi connectivity index (χ2n) is 8.23. The van der Waals surface area contributed by atoms with Gasteiger partial charge in [-0.1, -0.05) is 0 Å². The van der Waals surface area contributed by atoms with Crippen LogP contribution in [0.1, 0.15) is 32.0 Å². The molecule has 1 aliphatic heterocycles. The first-order valence-electron chi connectivity index (χ1n) is 9.87. The van der Waals surface area contributed by atoms with Crippen LogP contribution in [0.15, 0.2) is 36.5 Å². The number of methoxy groups -OCH3 is 1. The Labute approximate surface area is 175 Å². The molecule has 0 radical (unpaired) electrons. The van der Waals surface area contributed by atoms with Crippen molar-refractivity contribution < 1.29 is 19.1 Å². The van der Waals surface area contributed by atoms with Gasteiger partial charge in [-0.3, -0.25) is 0 Å². The summed E-state index contributed by atoms with van der Waals surface area (Å²) in [7, 11) is 1.64. The average Bonchev–Trinajstić information content (AvgIpc) is 3.04. The predicted octanol–water partition coefficient (Wildman–Crippen LogP) is 4.54. The van der Waals surface area contributed by atoms with Gasteiger partial charge >= 0.3 is 6.16 Å². The number of H-pyrrole nitrogens is 1. The first-order chi connectivity index (χ1) is 14.3. The molecule has 2 N–H and O–H groups in total. The zero-order valence-corrected chi connectivity index (χ0v) is 17.6. The van der Waals surface area contributed by atoms with Crippen molar-refractivity contribution in [2.45, 2.75) is 39.3 Å². The van der Waals surface area contributed by atoms with Crippen molar-refractivity contribution in [1.29, 1.82) is 0 Å². The zero-order chi connectivity index (χ0) is 21.3. The molecule has 8 heteroatoms. The summed E-state index contributed by atoms with van der Waals surface area (Å²) in [4.78, 5) is 25.4. The molecular weight excluding hydrogens is 384 g/mol. The number of anilines is 2. The Balaban J connectivity index is 1.52. The maximum atomic E-state index is 12.0. The van der Waals surface area contributed by atoms with E-state index in [9.17, 15) is 4.79 Å². The van der Waals surface area contributed by atoms with Crippen LogP contribution in [0, 0.1) is 0 Å². The van der Waals surface area contributed by atoms with Crippen LogP contribution in [-0.4, -0.2) is 40.4 Å². The van der Waals surface area contributed by atoms with Gasteiger partial charge in [0.1, 0.15) is 17.0 Å². The normalized spacial score (nSPS) is 14.3. The van der Waals surface area contributed by atoms with E-state index in [2.05, 4.69) is 21.4 Å².